The number of hydrogen-bond donors (Lipinski definition) is 1. The van der Waals surface area contributed by atoms with Gasteiger partial charge >= 0.3 is 18.3 Å². The molecule has 1 saturated heterocycles. The number of pyridine rings is 1. The third-order valence-electron chi connectivity index (χ3n) is 8.95. The van der Waals surface area contributed by atoms with Crippen LogP contribution in [0.5, 0.6) is 5.75 Å². The maximum atomic E-state index is 15.0. The van der Waals surface area contributed by atoms with Crippen molar-refractivity contribution in [3.8, 4) is 5.75 Å². The van der Waals surface area contributed by atoms with Crippen molar-refractivity contribution in [2.45, 2.75) is 88.5 Å². The van der Waals surface area contributed by atoms with Crippen molar-refractivity contribution >= 4 is 29.1 Å². The molecule has 8 nitrogen and oxygen atoms in total. The Hall–Kier alpha value is -4.28. The molecule has 17 heteroatoms. The quantitative estimate of drug-likeness (QED) is 0.229. The highest BCUT2D eigenvalue weighted by atomic mass is 32.1. The average Bonchev–Trinajstić information content (AvgIpc) is 3.53. The van der Waals surface area contributed by atoms with Crippen molar-refractivity contribution in [3.63, 3.8) is 0 Å². The summed E-state index contributed by atoms with van der Waals surface area (Å²) in [6.45, 7) is 1.15. The Bertz CT molecular complexity index is 1760. The zero-order valence-corrected chi connectivity index (χ0v) is 27.2. The van der Waals surface area contributed by atoms with E-state index in [9.17, 15) is 49.8 Å². The van der Waals surface area contributed by atoms with E-state index in [1.807, 2.05) is 0 Å². The maximum absolute atomic E-state index is 15.0. The number of thiophene rings is 1. The third kappa shape index (κ3) is 7.42. The number of fused-ring (bicyclic) bond motifs is 1. The van der Waals surface area contributed by atoms with Crippen LogP contribution < -0.4 is 4.74 Å². The van der Waals surface area contributed by atoms with Gasteiger partial charge in [-0.15, -0.1) is 11.3 Å². The summed E-state index contributed by atoms with van der Waals surface area (Å²) in [5, 5.41) is 10.5. The lowest BCUT2D eigenvalue weighted by Crippen LogP contribution is -2.69. The van der Waals surface area contributed by atoms with Gasteiger partial charge in [-0.1, -0.05) is 13.3 Å². The molecule has 2 aromatic heterocycles. The van der Waals surface area contributed by atoms with Crippen LogP contribution in [0.2, 0.25) is 0 Å². The molecule has 2 amide bonds. The maximum Gasteiger partial charge on any atom is 0.425 e. The number of ether oxygens (including phenoxy) is 1. The van der Waals surface area contributed by atoms with Crippen LogP contribution in [0.1, 0.15) is 77.5 Å². The molecule has 270 valence electrons. The molecule has 0 radical (unpaired) electrons. The molecular formula is C33H31F8N3O5S. The number of aliphatic carboxylic acids is 1. The van der Waals surface area contributed by atoms with Crippen LogP contribution in [0.4, 0.5) is 35.1 Å². The number of hydrogen-bond acceptors (Lipinski definition) is 6. The lowest BCUT2D eigenvalue weighted by Gasteiger charge is -2.51. The number of alkyl halides is 6. The summed E-state index contributed by atoms with van der Waals surface area (Å²) in [5.41, 5.74) is -3.97. The van der Waals surface area contributed by atoms with Crippen LogP contribution >= 0.6 is 11.3 Å². The van der Waals surface area contributed by atoms with Crippen molar-refractivity contribution in [3.05, 3.63) is 80.8 Å². The van der Waals surface area contributed by atoms with Crippen LogP contribution in [0, 0.1) is 11.6 Å². The summed E-state index contributed by atoms with van der Waals surface area (Å²) >= 11 is 0.287. The summed E-state index contributed by atoms with van der Waals surface area (Å²) in [5.74, 6) is -6.04. The molecule has 0 saturated carbocycles. The van der Waals surface area contributed by atoms with Crippen LogP contribution in [0.25, 0.3) is 0 Å². The molecule has 5 rings (SSSR count). The van der Waals surface area contributed by atoms with E-state index in [2.05, 4.69) is 4.98 Å². The van der Waals surface area contributed by atoms with Crippen LogP contribution in [0.15, 0.2) is 41.9 Å². The van der Waals surface area contributed by atoms with Crippen LogP contribution in [-0.4, -0.2) is 61.9 Å². The SMILES string of the molecule is CCC[C@H]1N(C(=O)c2ncccc2C(F)(F)F)CCC[C@@]1(Oc1csc(C(F)(F)F)c1)C(=O)N1Cc2cc(F)c(F)cc2C[C@H]1CCC(=O)O. The van der Waals surface area contributed by atoms with Gasteiger partial charge in [-0.25, -0.2) is 8.78 Å². The van der Waals surface area contributed by atoms with E-state index >= 15 is 4.79 Å². The first-order valence-corrected chi connectivity index (χ1v) is 16.5. The average molecular weight is 734 g/mol. The Labute approximate surface area is 284 Å². The Kier molecular flexibility index (Phi) is 10.5. The highest BCUT2D eigenvalue weighted by Gasteiger charge is 2.57. The molecule has 0 aliphatic carbocycles. The first kappa shape index (κ1) is 37.0. The normalized spacial score (nSPS) is 21.1. The third-order valence-corrected chi connectivity index (χ3v) is 9.90. The first-order chi connectivity index (χ1) is 23.5. The van der Waals surface area contributed by atoms with E-state index in [0.717, 1.165) is 34.7 Å². The van der Waals surface area contributed by atoms with Crippen molar-refractivity contribution < 1.29 is 59.4 Å². The Morgan fingerprint density at radius 1 is 1.02 bits per heavy atom. The summed E-state index contributed by atoms with van der Waals surface area (Å²) < 4.78 is 118. The van der Waals surface area contributed by atoms with Gasteiger partial charge in [0.1, 0.15) is 16.3 Å². The van der Waals surface area contributed by atoms with Gasteiger partial charge in [0, 0.05) is 49.6 Å². The molecule has 2 aliphatic rings. The summed E-state index contributed by atoms with van der Waals surface area (Å²) in [4.78, 5) is 45.5. The van der Waals surface area contributed by atoms with E-state index in [0.29, 0.717) is 17.7 Å². The Balaban J connectivity index is 1.65. The van der Waals surface area contributed by atoms with Gasteiger partial charge in [-0.2, -0.15) is 26.3 Å². The number of carboxylic acid groups (broad SMARTS) is 1. The molecule has 0 unspecified atom stereocenters. The number of aromatic nitrogens is 1. The van der Waals surface area contributed by atoms with Gasteiger partial charge < -0.3 is 19.6 Å². The fraction of sp³-hybridized carbons (Fsp3) is 0.455. The first-order valence-electron chi connectivity index (χ1n) is 15.6. The van der Waals surface area contributed by atoms with Crippen molar-refractivity contribution in [2.24, 2.45) is 0 Å². The predicted molar refractivity (Wildman–Crippen MR) is 162 cm³/mol. The Morgan fingerprint density at radius 3 is 2.34 bits per heavy atom. The minimum atomic E-state index is -4.98. The summed E-state index contributed by atoms with van der Waals surface area (Å²) in [6, 6.07) is 1.91. The molecule has 3 aromatic rings. The standard InChI is InChI=1S/C33H31F8N3O5S/c1-2-5-25-31(49-21-15-26(50-17-21)33(39,40)41,9-4-11-43(25)29(47)28-22(32(36,37)38)6-3-10-42-28)30(48)44-16-19-14-24(35)23(34)13-18(19)12-20(44)7-8-27(45)46/h3,6,10,13-15,17,20,25H,2,4-5,7-9,11-12,16H2,1H3,(H,45,46)/t20-,25-,31+/m1/s1. The van der Waals surface area contributed by atoms with E-state index in [1.54, 1.807) is 6.92 Å². The van der Waals surface area contributed by atoms with E-state index in [-0.39, 0.29) is 74.3 Å². The number of nitrogens with zero attached hydrogens (tertiary/aromatic N) is 3. The topological polar surface area (TPSA) is 100 Å². The number of benzene rings is 1. The summed E-state index contributed by atoms with van der Waals surface area (Å²) in [6.07, 6.45) is -9.49. The van der Waals surface area contributed by atoms with Gasteiger partial charge in [0.15, 0.2) is 11.6 Å². The molecule has 3 atom stereocenters. The molecule has 1 aromatic carbocycles. The van der Waals surface area contributed by atoms with E-state index in [1.165, 1.54) is 4.90 Å². The lowest BCUT2D eigenvalue weighted by atomic mass is 9.78. The lowest BCUT2D eigenvalue weighted by molar-refractivity contribution is -0.163. The van der Waals surface area contributed by atoms with Gasteiger partial charge in [0.2, 0.25) is 5.60 Å². The van der Waals surface area contributed by atoms with Crippen molar-refractivity contribution in [1.29, 1.82) is 0 Å². The van der Waals surface area contributed by atoms with Crippen molar-refractivity contribution in [1.82, 2.24) is 14.8 Å². The number of likely N-dealkylation sites (tertiary alicyclic amines) is 1. The molecule has 2 aliphatic heterocycles. The van der Waals surface area contributed by atoms with E-state index in [4.69, 9.17) is 4.74 Å². The molecule has 1 N–H and O–H groups in total. The second-order valence-corrected chi connectivity index (χ2v) is 13.1. The number of halogens is 8. The molecule has 1 fully saturated rings. The highest BCUT2D eigenvalue weighted by molar-refractivity contribution is 7.10. The minimum absolute atomic E-state index is 0.0355. The summed E-state index contributed by atoms with van der Waals surface area (Å²) in [7, 11) is 0. The van der Waals surface area contributed by atoms with Gasteiger partial charge in [-0.05, 0) is 61.1 Å². The number of amides is 2. The second-order valence-electron chi connectivity index (χ2n) is 12.2. The van der Waals surface area contributed by atoms with Crippen LogP contribution in [-0.2, 0) is 34.9 Å². The Morgan fingerprint density at radius 2 is 1.72 bits per heavy atom. The second kappa shape index (κ2) is 14.2. The minimum Gasteiger partial charge on any atom is -0.481 e. The zero-order valence-electron chi connectivity index (χ0n) is 26.4. The van der Waals surface area contributed by atoms with Crippen LogP contribution in [0.3, 0.4) is 0 Å². The largest absolute Gasteiger partial charge is 0.481 e. The zero-order chi connectivity index (χ0) is 36.6. The fourth-order valence-electron chi connectivity index (χ4n) is 6.75. The highest BCUT2D eigenvalue weighted by Crippen LogP contribution is 2.44. The molecule has 4 heterocycles. The number of piperidine rings is 1. The van der Waals surface area contributed by atoms with Gasteiger partial charge in [0.05, 0.1) is 11.6 Å². The molecule has 0 bridgehead atoms. The smallest absolute Gasteiger partial charge is 0.425 e. The van der Waals surface area contributed by atoms with E-state index < -0.39 is 82.0 Å². The number of rotatable bonds is 9. The monoisotopic (exact) mass is 733 g/mol. The number of carboxylic acids is 1. The predicted octanol–water partition coefficient (Wildman–Crippen LogP) is 7.50. The van der Waals surface area contributed by atoms with Gasteiger partial charge in [0.25, 0.3) is 11.8 Å². The van der Waals surface area contributed by atoms with Gasteiger partial charge in [-0.3, -0.25) is 19.4 Å². The van der Waals surface area contributed by atoms with Crippen molar-refractivity contribution in [2.75, 3.05) is 6.54 Å². The molecular weight excluding hydrogens is 702 g/mol. The number of carbonyl (C=O) groups excluding carboxylic acids is 2. The number of carbonyl (C=O) groups is 3. The fourth-order valence-corrected chi connectivity index (χ4v) is 7.42. The molecule has 50 heavy (non-hydrogen) atoms. The molecule has 0 spiro atoms.